The molecule has 4 heteroatoms. The number of nitrogens with zero attached hydrogens (tertiary/aromatic N) is 2. The Morgan fingerprint density at radius 1 is 0.939 bits per heavy atom. The van der Waals surface area contributed by atoms with Gasteiger partial charge in [0.1, 0.15) is 0 Å². The average molecular weight is 437 g/mol. The number of fused-ring (bicyclic) bond motifs is 2. The number of rotatable bonds is 3. The van der Waals surface area contributed by atoms with Gasteiger partial charge in [-0.25, -0.2) is 4.79 Å². The summed E-state index contributed by atoms with van der Waals surface area (Å²) in [6.45, 7) is 8.68. The lowest BCUT2D eigenvalue weighted by atomic mass is 9.76. The smallest absolute Gasteiger partial charge is 0.318 e. The van der Waals surface area contributed by atoms with Crippen molar-refractivity contribution < 1.29 is 9.63 Å². The summed E-state index contributed by atoms with van der Waals surface area (Å²) in [5, 5.41) is 6.30. The number of benzene rings is 3. The van der Waals surface area contributed by atoms with E-state index in [0.717, 1.165) is 46.3 Å². The van der Waals surface area contributed by atoms with Gasteiger partial charge in [0.15, 0.2) is 0 Å². The lowest BCUT2D eigenvalue weighted by molar-refractivity contribution is 0.0516. The van der Waals surface area contributed by atoms with Crippen LogP contribution in [0.4, 0.5) is 0 Å². The number of aromatic nitrogens is 1. The molecule has 1 aliphatic rings. The first-order valence-corrected chi connectivity index (χ1v) is 11.4. The highest BCUT2D eigenvalue weighted by Gasteiger charge is 2.33. The monoisotopic (exact) mass is 436 g/mol. The predicted molar refractivity (Wildman–Crippen MR) is 133 cm³/mol. The zero-order valence-electron chi connectivity index (χ0n) is 19.6. The Kier molecular flexibility index (Phi) is 5.16. The van der Waals surface area contributed by atoms with Crippen molar-refractivity contribution in [2.45, 2.75) is 40.5 Å². The van der Waals surface area contributed by atoms with Crippen LogP contribution < -0.4 is 0 Å². The van der Waals surface area contributed by atoms with Gasteiger partial charge in [-0.3, -0.25) is 0 Å². The van der Waals surface area contributed by atoms with Crippen LogP contribution in [0.15, 0.2) is 78.0 Å². The maximum Gasteiger partial charge on any atom is 0.366 e. The van der Waals surface area contributed by atoms with Crippen LogP contribution in [-0.2, 0) is 11.3 Å². The first kappa shape index (κ1) is 21.2. The van der Waals surface area contributed by atoms with E-state index in [2.05, 4.69) is 67.7 Å². The number of carbonyl (C=O) groups excluding carboxylic acids is 1. The third-order valence-electron chi connectivity index (χ3n) is 6.43. The quantitative estimate of drug-likeness (QED) is 0.262. The lowest BCUT2D eigenvalue weighted by Gasteiger charge is -2.31. The predicted octanol–water partition coefficient (Wildman–Crippen LogP) is 6.78. The standard InChI is InChI=1S/C29H28N2O2/c1-19-12-14-22(15-13-19)31-20(2)16-25-26(17-29(3,4)18-27(25)31)30-33-28(32)24-11-7-9-21-8-5-6-10-23(21)24/h5-16H,17-18H2,1-4H3/b30-26+. The Labute approximate surface area is 194 Å². The molecule has 166 valence electrons. The van der Waals surface area contributed by atoms with Gasteiger partial charge in [0.05, 0.1) is 11.3 Å². The van der Waals surface area contributed by atoms with Crippen molar-refractivity contribution >= 4 is 22.5 Å². The summed E-state index contributed by atoms with van der Waals surface area (Å²) in [5.74, 6) is -0.432. The number of hydrogen-bond acceptors (Lipinski definition) is 3. The van der Waals surface area contributed by atoms with Crippen LogP contribution in [0.1, 0.15) is 53.1 Å². The van der Waals surface area contributed by atoms with Crippen molar-refractivity contribution in [2.24, 2.45) is 10.6 Å². The molecule has 0 bridgehead atoms. The molecule has 4 aromatic rings. The molecule has 0 atom stereocenters. The molecule has 0 aliphatic heterocycles. The zero-order chi connectivity index (χ0) is 23.2. The summed E-state index contributed by atoms with van der Waals surface area (Å²) in [6.07, 6.45) is 1.68. The van der Waals surface area contributed by atoms with E-state index >= 15 is 0 Å². The second-order valence-electron chi connectivity index (χ2n) is 9.78. The summed E-state index contributed by atoms with van der Waals surface area (Å²) < 4.78 is 2.30. The largest absolute Gasteiger partial charge is 0.366 e. The van der Waals surface area contributed by atoms with Crippen molar-refractivity contribution in [3.8, 4) is 5.69 Å². The third-order valence-corrected chi connectivity index (χ3v) is 6.43. The Hall–Kier alpha value is -3.66. The number of carbonyl (C=O) groups is 1. The van der Waals surface area contributed by atoms with Crippen molar-refractivity contribution in [3.05, 3.63) is 101 Å². The van der Waals surface area contributed by atoms with E-state index in [1.54, 1.807) is 6.07 Å². The molecule has 0 saturated carbocycles. The van der Waals surface area contributed by atoms with Gasteiger partial charge in [0.2, 0.25) is 0 Å². The Bertz CT molecular complexity index is 1390. The summed E-state index contributed by atoms with van der Waals surface area (Å²) in [4.78, 5) is 18.5. The van der Waals surface area contributed by atoms with Gasteiger partial charge >= 0.3 is 5.97 Å². The maximum absolute atomic E-state index is 13.0. The van der Waals surface area contributed by atoms with Crippen LogP contribution in [0.25, 0.3) is 16.5 Å². The van der Waals surface area contributed by atoms with Gasteiger partial charge in [-0.05, 0) is 67.1 Å². The van der Waals surface area contributed by atoms with Crippen molar-refractivity contribution in [2.75, 3.05) is 0 Å². The van der Waals surface area contributed by atoms with Gasteiger partial charge in [-0.15, -0.1) is 0 Å². The lowest BCUT2D eigenvalue weighted by Crippen LogP contribution is -2.28. The Balaban J connectivity index is 1.53. The van der Waals surface area contributed by atoms with E-state index in [-0.39, 0.29) is 5.41 Å². The van der Waals surface area contributed by atoms with Gasteiger partial charge in [-0.1, -0.05) is 73.1 Å². The average Bonchev–Trinajstić information content (AvgIpc) is 3.12. The normalized spacial score (nSPS) is 16.1. The summed E-state index contributed by atoms with van der Waals surface area (Å²) in [5.41, 5.74) is 7.17. The molecule has 0 unspecified atom stereocenters. The minimum atomic E-state index is -0.432. The minimum Gasteiger partial charge on any atom is -0.318 e. The third kappa shape index (κ3) is 3.97. The molecule has 0 N–H and O–H groups in total. The Morgan fingerprint density at radius 2 is 1.67 bits per heavy atom. The summed E-state index contributed by atoms with van der Waals surface area (Å²) in [7, 11) is 0. The van der Waals surface area contributed by atoms with Crippen molar-refractivity contribution in [3.63, 3.8) is 0 Å². The van der Waals surface area contributed by atoms with Crippen LogP contribution in [0, 0.1) is 19.3 Å². The van der Waals surface area contributed by atoms with Crippen LogP contribution >= 0.6 is 0 Å². The first-order valence-electron chi connectivity index (χ1n) is 11.4. The second kappa shape index (κ2) is 8.04. The minimum absolute atomic E-state index is 0.00489. The molecular weight excluding hydrogens is 408 g/mol. The van der Waals surface area contributed by atoms with E-state index in [1.165, 1.54) is 11.3 Å². The van der Waals surface area contributed by atoms with Crippen LogP contribution in [0.3, 0.4) is 0 Å². The fourth-order valence-electron chi connectivity index (χ4n) is 4.86. The van der Waals surface area contributed by atoms with Crippen molar-refractivity contribution in [1.82, 2.24) is 4.57 Å². The molecule has 4 nitrogen and oxygen atoms in total. The van der Waals surface area contributed by atoms with Crippen LogP contribution in [0.2, 0.25) is 0 Å². The van der Waals surface area contributed by atoms with Crippen LogP contribution in [-0.4, -0.2) is 16.2 Å². The van der Waals surface area contributed by atoms with Crippen molar-refractivity contribution in [1.29, 1.82) is 0 Å². The van der Waals surface area contributed by atoms with Gasteiger partial charge in [-0.2, -0.15) is 0 Å². The number of oxime groups is 1. The highest BCUT2D eigenvalue weighted by atomic mass is 16.7. The molecule has 0 radical (unpaired) electrons. The van der Waals surface area contributed by atoms with Crippen LogP contribution in [0.5, 0.6) is 0 Å². The Morgan fingerprint density at radius 3 is 2.45 bits per heavy atom. The molecule has 33 heavy (non-hydrogen) atoms. The fourth-order valence-corrected chi connectivity index (χ4v) is 4.86. The number of aryl methyl sites for hydroxylation is 2. The molecule has 1 aromatic heterocycles. The molecule has 1 heterocycles. The van der Waals surface area contributed by atoms with Gasteiger partial charge in [0, 0.05) is 22.6 Å². The molecule has 1 aliphatic carbocycles. The van der Waals surface area contributed by atoms with E-state index in [0.29, 0.717) is 5.56 Å². The molecule has 0 saturated heterocycles. The topological polar surface area (TPSA) is 43.6 Å². The molecule has 0 fully saturated rings. The molecule has 5 rings (SSSR count). The van der Waals surface area contributed by atoms with Gasteiger partial charge in [0.25, 0.3) is 0 Å². The van der Waals surface area contributed by atoms with E-state index in [9.17, 15) is 4.79 Å². The van der Waals surface area contributed by atoms with E-state index < -0.39 is 5.97 Å². The SMILES string of the molecule is Cc1ccc(-n2c(C)cc3c2CC(C)(C)C/C3=N\OC(=O)c2cccc3ccccc23)cc1. The highest BCUT2D eigenvalue weighted by Crippen LogP contribution is 2.38. The fraction of sp³-hybridized carbons (Fsp3) is 0.241. The zero-order valence-corrected chi connectivity index (χ0v) is 19.6. The maximum atomic E-state index is 13.0. The molecule has 0 spiro atoms. The summed E-state index contributed by atoms with van der Waals surface area (Å²) >= 11 is 0. The second-order valence-corrected chi connectivity index (χ2v) is 9.78. The van der Waals surface area contributed by atoms with Gasteiger partial charge < -0.3 is 9.40 Å². The van der Waals surface area contributed by atoms with E-state index in [4.69, 9.17) is 4.84 Å². The highest BCUT2D eigenvalue weighted by molar-refractivity contribution is 6.06. The molecular formula is C29H28N2O2. The molecule has 3 aromatic carbocycles. The summed E-state index contributed by atoms with van der Waals surface area (Å²) in [6, 6.07) is 24.2. The molecule has 0 amide bonds. The first-order chi connectivity index (χ1) is 15.8. The van der Waals surface area contributed by atoms with E-state index in [1.807, 2.05) is 36.4 Å². The number of hydrogen-bond donors (Lipinski definition) is 0.